The number of hydrogen-bond donors (Lipinski definition) is 1. The number of aliphatic hydroxyl groups excluding tert-OH is 1. The Kier molecular flexibility index (Phi) is 6.03. The molecule has 0 bridgehead atoms. The van der Waals surface area contributed by atoms with Crippen LogP contribution in [0.5, 0.6) is 0 Å². The fourth-order valence-corrected chi connectivity index (χ4v) is 4.46. The van der Waals surface area contributed by atoms with Gasteiger partial charge in [0, 0.05) is 32.1 Å². The second-order valence-electron chi connectivity index (χ2n) is 7.14. The zero-order valence-corrected chi connectivity index (χ0v) is 16.5. The van der Waals surface area contributed by atoms with Crippen LogP contribution in [0.1, 0.15) is 40.5 Å². The number of sulfonamides is 1. The number of ketones is 1. The molecule has 0 aliphatic heterocycles. The van der Waals surface area contributed by atoms with Gasteiger partial charge in [0.2, 0.25) is 10.0 Å². The molecule has 0 saturated heterocycles. The largest absolute Gasteiger partial charge is 0.511 e. The molecule has 0 fully saturated rings. The molecule has 142 valence electrons. The number of aliphatic hydroxyl groups is 1. The topological polar surface area (TPSA) is 87.0 Å². The average Bonchev–Trinajstić information content (AvgIpc) is 2.54. The summed E-state index contributed by atoms with van der Waals surface area (Å²) in [6.45, 7) is 8.27. The first kappa shape index (κ1) is 20.3. The number of rotatable bonds is 6. The van der Waals surface area contributed by atoms with E-state index in [1.165, 1.54) is 22.7 Å². The van der Waals surface area contributed by atoms with E-state index in [0.29, 0.717) is 31.6 Å². The van der Waals surface area contributed by atoms with E-state index < -0.39 is 10.0 Å². The minimum atomic E-state index is -3.51. The molecule has 0 unspecified atom stereocenters. The Bertz CT molecular complexity index is 833. The summed E-state index contributed by atoms with van der Waals surface area (Å²) in [6.07, 6.45) is 2.15. The zero-order chi connectivity index (χ0) is 19.5. The molecule has 0 amide bonds. The lowest BCUT2D eigenvalue weighted by Crippen LogP contribution is -2.30. The number of Topliss-reactive ketones (excluding diaryl/α,β-unsaturated/α-hetero) is 1. The number of carbonyl (C=O) groups is 1. The molecule has 0 saturated carbocycles. The molecular formula is C19H26N2O4S. The lowest BCUT2D eigenvalue weighted by Gasteiger charge is -2.28. The molecule has 1 aliphatic rings. The summed E-state index contributed by atoms with van der Waals surface area (Å²) < 4.78 is 26.3. The van der Waals surface area contributed by atoms with Gasteiger partial charge in [-0.25, -0.2) is 8.42 Å². The van der Waals surface area contributed by atoms with Crippen molar-refractivity contribution in [2.45, 2.75) is 45.4 Å². The molecule has 0 atom stereocenters. The van der Waals surface area contributed by atoms with E-state index in [1.54, 1.807) is 26.0 Å². The van der Waals surface area contributed by atoms with Crippen LogP contribution >= 0.6 is 0 Å². The van der Waals surface area contributed by atoms with Gasteiger partial charge in [-0.2, -0.15) is 4.31 Å². The third kappa shape index (κ3) is 4.40. The van der Waals surface area contributed by atoms with Crippen molar-refractivity contribution in [1.29, 1.82) is 0 Å². The first-order valence-corrected chi connectivity index (χ1v) is 10.1. The molecule has 26 heavy (non-hydrogen) atoms. The maximum Gasteiger partial charge on any atom is 0.243 e. The fourth-order valence-electron chi connectivity index (χ4n) is 3.00. The molecule has 2 rings (SSSR count). The Morgan fingerprint density at radius 1 is 1.15 bits per heavy atom. The van der Waals surface area contributed by atoms with Crippen molar-refractivity contribution in [2.24, 2.45) is 10.4 Å². The van der Waals surface area contributed by atoms with Gasteiger partial charge in [-0.15, -0.1) is 0 Å². The van der Waals surface area contributed by atoms with E-state index in [4.69, 9.17) is 0 Å². The monoisotopic (exact) mass is 378 g/mol. The maximum absolute atomic E-state index is 12.5. The lowest BCUT2D eigenvalue weighted by atomic mass is 9.77. The average molecular weight is 378 g/mol. The molecule has 1 aromatic rings. The summed E-state index contributed by atoms with van der Waals surface area (Å²) in [6, 6.07) is 6.17. The van der Waals surface area contributed by atoms with Crippen LogP contribution in [0.15, 0.2) is 45.5 Å². The SMILES string of the molecule is CCN(CC)S(=O)(=O)c1ccc(N=CC2=C(O)CC(C)(C)CC2=O)cc1. The highest BCUT2D eigenvalue weighted by Gasteiger charge is 2.32. The van der Waals surface area contributed by atoms with Crippen molar-refractivity contribution in [3.8, 4) is 0 Å². The highest BCUT2D eigenvalue weighted by molar-refractivity contribution is 7.89. The number of aliphatic imine (C=N–C) groups is 1. The van der Waals surface area contributed by atoms with Gasteiger partial charge in [-0.3, -0.25) is 9.79 Å². The van der Waals surface area contributed by atoms with Crippen LogP contribution in [-0.2, 0) is 14.8 Å². The van der Waals surface area contributed by atoms with E-state index in [2.05, 4.69) is 4.99 Å². The van der Waals surface area contributed by atoms with Gasteiger partial charge in [-0.05, 0) is 29.7 Å². The van der Waals surface area contributed by atoms with Crippen molar-refractivity contribution in [3.05, 3.63) is 35.6 Å². The van der Waals surface area contributed by atoms with Crippen molar-refractivity contribution in [3.63, 3.8) is 0 Å². The summed E-state index contributed by atoms with van der Waals surface area (Å²) in [5.41, 5.74) is 0.490. The number of hydrogen-bond acceptors (Lipinski definition) is 5. The molecular weight excluding hydrogens is 352 g/mol. The molecule has 0 spiro atoms. The van der Waals surface area contributed by atoms with E-state index in [-0.39, 0.29) is 27.4 Å². The van der Waals surface area contributed by atoms with Crippen LogP contribution in [0.2, 0.25) is 0 Å². The number of benzene rings is 1. The van der Waals surface area contributed by atoms with Crippen LogP contribution in [0.25, 0.3) is 0 Å². The van der Waals surface area contributed by atoms with Gasteiger partial charge in [0.05, 0.1) is 16.2 Å². The quantitative estimate of drug-likeness (QED) is 0.766. The predicted molar refractivity (Wildman–Crippen MR) is 102 cm³/mol. The summed E-state index contributed by atoms with van der Waals surface area (Å²) in [5.74, 6) is -0.0843. The van der Waals surface area contributed by atoms with Gasteiger partial charge in [-0.1, -0.05) is 27.7 Å². The molecule has 1 aliphatic carbocycles. The third-order valence-corrected chi connectivity index (χ3v) is 6.48. The Morgan fingerprint density at radius 3 is 2.23 bits per heavy atom. The maximum atomic E-state index is 12.5. The molecule has 0 radical (unpaired) electrons. The van der Waals surface area contributed by atoms with Gasteiger partial charge in [0.1, 0.15) is 5.76 Å². The molecule has 0 aromatic heterocycles. The van der Waals surface area contributed by atoms with Crippen LogP contribution in [-0.4, -0.2) is 42.9 Å². The van der Waals surface area contributed by atoms with Crippen molar-refractivity contribution in [2.75, 3.05) is 13.1 Å². The number of allylic oxidation sites excluding steroid dienone is 2. The minimum Gasteiger partial charge on any atom is -0.511 e. The highest BCUT2D eigenvalue weighted by atomic mass is 32.2. The van der Waals surface area contributed by atoms with E-state index in [1.807, 2.05) is 13.8 Å². The second kappa shape index (κ2) is 7.72. The van der Waals surface area contributed by atoms with Crippen LogP contribution in [0, 0.1) is 5.41 Å². The minimum absolute atomic E-state index is 0.0516. The Morgan fingerprint density at radius 2 is 1.73 bits per heavy atom. The van der Waals surface area contributed by atoms with Gasteiger partial charge < -0.3 is 5.11 Å². The van der Waals surface area contributed by atoms with E-state index in [9.17, 15) is 18.3 Å². The molecule has 1 aromatic carbocycles. The van der Waals surface area contributed by atoms with Crippen LogP contribution in [0.4, 0.5) is 5.69 Å². The second-order valence-corrected chi connectivity index (χ2v) is 9.08. The van der Waals surface area contributed by atoms with Gasteiger partial charge in [0.25, 0.3) is 0 Å². The predicted octanol–water partition coefficient (Wildman–Crippen LogP) is 3.62. The van der Waals surface area contributed by atoms with Crippen LogP contribution < -0.4 is 0 Å². The van der Waals surface area contributed by atoms with Crippen molar-refractivity contribution >= 4 is 27.7 Å². The fraction of sp³-hybridized carbons (Fsp3) is 0.474. The van der Waals surface area contributed by atoms with E-state index >= 15 is 0 Å². The molecule has 6 nitrogen and oxygen atoms in total. The molecule has 1 N–H and O–H groups in total. The summed E-state index contributed by atoms with van der Waals surface area (Å²) in [7, 11) is -3.51. The first-order valence-electron chi connectivity index (χ1n) is 8.70. The molecule has 0 heterocycles. The summed E-state index contributed by atoms with van der Waals surface area (Å²) >= 11 is 0. The Balaban J connectivity index is 2.22. The normalized spacial score (nSPS) is 18.1. The standard InChI is InChI=1S/C19H26N2O4S/c1-5-21(6-2)26(24,25)15-9-7-14(8-10-15)20-13-16-17(22)11-19(3,4)12-18(16)23/h7-10,13,22H,5-6,11-12H2,1-4H3. The van der Waals surface area contributed by atoms with E-state index in [0.717, 1.165) is 0 Å². The highest BCUT2D eigenvalue weighted by Crippen LogP contribution is 2.35. The van der Waals surface area contributed by atoms with Crippen molar-refractivity contribution in [1.82, 2.24) is 4.31 Å². The smallest absolute Gasteiger partial charge is 0.243 e. The van der Waals surface area contributed by atoms with Crippen molar-refractivity contribution < 1.29 is 18.3 Å². The Labute approximate surface area is 155 Å². The number of nitrogens with zero attached hydrogens (tertiary/aromatic N) is 2. The first-order chi connectivity index (χ1) is 12.1. The third-order valence-electron chi connectivity index (χ3n) is 4.42. The van der Waals surface area contributed by atoms with Gasteiger partial charge in [0.15, 0.2) is 5.78 Å². The zero-order valence-electron chi connectivity index (χ0n) is 15.7. The van der Waals surface area contributed by atoms with Gasteiger partial charge >= 0.3 is 0 Å². The summed E-state index contributed by atoms with van der Waals surface area (Å²) in [5, 5.41) is 10.1. The Hall–Kier alpha value is -1.99. The lowest BCUT2D eigenvalue weighted by molar-refractivity contribution is -0.117. The molecule has 7 heteroatoms. The summed E-state index contributed by atoms with van der Waals surface area (Å²) in [4.78, 5) is 16.6. The van der Waals surface area contributed by atoms with Crippen LogP contribution in [0.3, 0.4) is 0 Å². The number of carbonyl (C=O) groups excluding carboxylic acids is 1.